The molecule has 6 heteroatoms. The smallest absolute Gasteiger partial charge is 0.329 e. The number of hydrogen-bond donors (Lipinski definition) is 1. The number of carbonyl (C=O) groups is 2. The first-order valence-electron chi connectivity index (χ1n) is 6.93. The summed E-state index contributed by atoms with van der Waals surface area (Å²) in [5.74, 6) is -1.94. The highest BCUT2D eigenvalue weighted by Crippen LogP contribution is 2.36. The third kappa shape index (κ3) is 2.81. The Balaban J connectivity index is 2.41. The van der Waals surface area contributed by atoms with Crippen molar-refractivity contribution in [3.05, 3.63) is 34.1 Å². The lowest BCUT2D eigenvalue weighted by Crippen LogP contribution is -2.53. The van der Waals surface area contributed by atoms with Gasteiger partial charge in [0.05, 0.1) is 5.56 Å². The zero-order valence-electron chi connectivity index (χ0n) is 11.7. The largest absolute Gasteiger partial charge is 0.479 e. The SMILES string of the molecule is CCCC1(C(=O)O)CCCN1C(=O)c1cc(F)ccc1Br. The molecule has 0 bridgehead atoms. The van der Waals surface area contributed by atoms with Crippen LogP contribution in [0.2, 0.25) is 0 Å². The van der Waals surface area contributed by atoms with Crippen LogP contribution in [0.5, 0.6) is 0 Å². The molecule has 1 heterocycles. The molecule has 21 heavy (non-hydrogen) atoms. The van der Waals surface area contributed by atoms with Crippen molar-refractivity contribution in [1.29, 1.82) is 0 Å². The van der Waals surface area contributed by atoms with Crippen LogP contribution in [0.25, 0.3) is 0 Å². The first kappa shape index (κ1) is 15.9. The van der Waals surface area contributed by atoms with E-state index in [-0.39, 0.29) is 5.56 Å². The van der Waals surface area contributed by atoms with Crippen LogP contribution in [0.4, 0.5) is 4.39 Å². The number of likely N-dealkylation sites (tertiary alicyclic amines) is 1. The molecule has 1 atom stereocenters. The van der Waals surface area contributed by atoms with Crippen molar-refractivity contribution in [2.45, 2.75) is 38.1 Å². The predicted molar refractivity (Wildman–Crippen MR) is 79.6 cm³/mol. The maximum atomic E-state index is 13.4. The number of carbonyl (C=O) groups excluding carboxylic acids is 1. The molecule has 1 fully saturated rings. The van der Waals surface area contributed by atoms with Crippen molar-refractivity contribution in [3.8, 4) is 0 Å². The molecule has 1 N–H and O–H groups in total. The fraction of sp³-hybridized carbons (Fsp3) is 0.467. The number of benzene rings is 1. The molecule has 1 unspecified atom stereocenters. The Morgan fingerprint density at radius 1 is 1.48 bits per heavy atom. The van der Waals surface area contributed by atoms with Gasteiger partial charge in [0.25, 0.3) is 5.91 Å². The summed E-state index contributed by atoms with van der Waals surface area (Å²) < 4.78 is 13.9. The van der Waals surface area contributed by atoms with Crippen LogP contribution in [0.15, 0.2) is 22.7 Å². The number of nitrogens with zero attached hydrogens (tertiary/aromatic N) is 1. The van der Waals surface area contributed by atoms with E-state index in [4.69, 9.17) is 0 Å². The molecule has 4 nitrogen and oxygen atoms in total. The van der Waals surface area contributed by atoms with Gasteiger partial charge in [0, 0.05) is 11.0 Å². The summed E-state index contributed by atoms with van der Waals surface area (Å²) in [7, 11) is 0. The van der Waals surface area contributed by atoms with Crippen molar-refractivity contribution in [1.82, 2.24) is 4.90 Å². The topological polar surface area (TPSA) is 57.6 Å². The van der Waals surface area contributed by atoms with E-state index in [2.05, 4.69) is 15.9 Å². The number of carboxylic acid groups (broad SMARTS) is 1. The van der Waals surface area contributed by atoms with E-state index in [1.54, 1.807) is 0 Å². The van der Waals surface area contributed by atoms with E-state index in [0.717, 1.165) is 6.07 Å². The zero-order valence-corrected chi connectivity index (χ0v) is 13.3. The second-order valence-electron chi connectivity index (χ2n) is 5.27. The molecule has 1 aliphatic heterocycles. The molecular weight excluding hydrogens is 341 g/mol. The lowest BCUT2D eigenvalue weighted by atomic mass is 9.90. The molecule has 1 saturated heterocycles. The van der Waals surface area contributed by atoms with Crippen molar-refractivity contribution >= 4 is 27.8 Å². The van der Waals surface area contributed by atoms with Gasteiger partial charge in [-0.05, 0) is 53.4 Å². The lowest BCUT2D eigenvalue weighted by molar-refractivity contribution is -0.148. The number of aliphatic carboxylic acids is 1. The summed E-state index contributed by atoms with van der Waals surface area (Å²) in [6, 6.07) is 3.85. The molecule has 1 aromatic rings. The number of amides is 1. The zero-order chi connectivity index (χ0) is 15.6. The van der Waals surface area contributed by atoms with Gasteiger partial charge in [0.15, 0.2) is 0 Å². The van der Waals surface area contributed by atoms with Crippen molar-refractivity contribution in [3.63, 3.8) is 0 Å². The van der Waals surface area contributed by atoms with Gasteiger partial charge in [-0.2, -0.15) is 0 Å². The minimum atomic E-state index is -1.17. The summed E-state index contributed by atoms with van der Waals surface area (Å²) in [4.78, 5) is 25.8. The van der Waals surface area contributed by atoms with Crippen molar-refractivity contribution < 1.29 is 19.1 Å². The van der Waals surface area contributed by atoms with Crippen LogP contribution >= 0.6 is 15.9 Å². The van der Waals surface area contributed by atoms with Gasteiger partial charge in [-0.1, -0.05) is 13.3 Å². The normalized spacial score (nSPS) is 21.6. The average molecular weight is 358 g/mol. The van der Waals surface area contributed by atoms with Crippen LogP contribution < -0.4 is 0 Å². The van der Waals surface area contributed by atoms with Crippen LogP contribution in [0.1, 0.15) is 43.0 Å². The molecule has 1 aromatic carbocycles. The van der Waals surface area contributed by atoms with Crippen LogP contribution in [0, 0.1) is 5.82 Å². The molecule has 114 valence electrons. The summed E-state index contributed by atoms with van der Waals surface area (Å²) >= 11 is 3.23. The van der Waals surface area contributed by atoms with Gasteiger partial charge < -0.3 is 10.0 Å². The quantitative estimate of drug-likeness (QED) is 0.897. The number of carboxylic acids is 1. The van der Waals surface area contributed by atoms with Gasteiger partial charge in [-0.3, -0.25) is 4.79 Å². The molecule has 0 spiro atoms. The molecule has 0 aromatic heterocycles. The predicted octanol–water partition coefficient (Wildman–Crippen LogP) is 3.45. The van der Waals surface area contributed by atoms with Crippen molar-refractivity contribution in [2.24, 2.45) is 0 Å². The summed E-state index contributed by atoms with van der Waals surface area (Å²) in [5.41, 5.74) is -1.00. The van der Waals surface area contributed by atoms with E-state index in [1.165, 1.54) is 17.0 Å². The Hall–Kier alpha value is -1.43. The highest BCUT2D eigenvalue weighted by Gasteiger charge is 2.49. The second kappa shape index (κ2) is 6.13. The van der Waals surface area contributed by atoms with E-state index in [1.807, 2.05) is 6.92 Å². The van der Waals surface area contributed by atoms with Gasteiger partial charge in [-0.25, -0.2) is 9.18 Å². The maximum Gasteiger partial charge on any atom is 0.329 e. The molecular formula is C15H17BrFNO3. The fourth-order valence-corrected chi connectivity index (χ4v) is 3.40. The first-order valence-corrected chi connectivity index (χ1v) is 7.72. The Morgan fingerprint density at radius 3 is 2.81 bits per heavy atom. The third-order valence-electron chi connectivity index (χ3n) is 3.95. The minimum absolute atomic E-state index is 0.165. The van der Waals surface area contributed by atoms with E-state index < -0.39 is 23.2 Å². The summed E-state index contributed by atoms with van der Waals surface area (Å²) in [5, 5.41) is 9.61. The fourth-order valence-electron chi connectivity index (χ4n) is 2.98. The number of rotatable bonds is 4. The standard InChI is InChI=1S/C15H17BrFNO3/c1-2-6-15(14(20)21)7-3-8-18(15)13(19)11-9-10(17)4-5-12(11)16/h4-5,9H,2-3,6-8H2,1H3,(H,20,21). The monoisotopic (exact) mass is 357 g/mol. The molecule has 1 amide bonds. The molecule has 2 rings (SSSR count). The van der Waals surface area contributed by atoms with Gasteiger partial charge >= 0.3 is 5.97 Å². The van der Waals surface area contributed by atoms with E-state index >= 15 is 0 Å². The van der Waals surface area contributed by atoms with Crippen molar-refractivity contribution in [2.75, 3.05) is 6.54 Å². The first-order chi connectivity index (χ1) is 9.92. The number of hydrogen-bond acceptors (Lipinski definition) is 2. The van der Waals surface area contributed by atoms with E-state index in [0.29, 0.717) is 36.7 Å². The molecule has 0 aliphatic carbocycles. The van der Waals surface area contributed by atoms with E-state index in [9.17, 15) is 19.1 Å². The van der Waals surface area contributed by atoms with Crippen LogP contribution in [-0.2, 0) is 4.79 Å². The molecule has 1 aliphatic rings. The van der Waals surface area contributed by atoms with Gasteiger partial charge in [0.2, 0.25) is 0 Å². The van der Waals surface area contributed by atoms with Crippen LogP contribution in [-0.4, -0.2) is 34.0 Å². The Bertz CT molecular complexity index is 578. The maximum absolute atomic E-state index is 13.4. The summed E-state index contributed by atoms with van der Waals surface area (Å²) in [6.45, 7) is 2.28. The lowest BCUT2D eigenvalue weighted by Gasteiger charge is -2.35. The minimum Gasteiger partial charge on any atom is -0.479 e. The Labute approximate surface area is 131 Å². The Kier molecular flexibility index (Phi) is 4.66. The van der Waals surface area contributed by atoms with Gasteiger partial charge in [-0.15, -0.1) is 0 Å². The molecule has 0 radical (unpaired) electrons. The summed E-state index contributed by atoms with van der Waals surface area (Å²) in [6.07, 6.45) is 2.15. The highest BCUT2D eigenvalue weighted by atomic mass is 79.9. The highest BCUT2D eigenvalue weighted by molar-refractivity contribution is 9.10. The molecule has 0 saturated carbocycles. The average Bonchev–Trinajstić information content (AvgIpc) is 2.86. The second-order valence-corrected chi connectivity index (χ2v) is 6.13. The van der Waals surface area contributed by atoms with Gasteiger partial charge in [0.1, 0.15) is 11.4 Å². The van der Waals surface area contributed by atoms with Crippen LogP contribution in [0.3, 0.4) is 0 Å². The third-order valence-corrected chi connectivity index (χ3v) is 4.65. The Morgan fingerprint density at radius 2 is 2.19 bits per heavy atom. The number of halogens is 2.